The summed E-state index contributed by atoms with van der Waals surface area (Å²) in [6.45, 7) is 2.24. The molecule has 0 bridgehead atoms. The van der Waals surface area contributed by atoms with Crippen molar-refractivity contribution in [3.8, 4) is 0 Å². The molecule has 1 unspecified atom stereocenters. The summed E-state index contributed by atoms with van der Waals surface area (Å²) in [5, 5.41) is 13.0. The molecule has 1 aliphatic rings. The average molecular weight is 359 g/mol. The molecule has 0 saturated heterocycles. The van der Waals surface area contributed by atoms with Gasteiger partial charge in [0.1, 0.15) is 0 Å². The number of nitrogens with one attached hydrogen (secondary N) is 1. The van der Waals surface area contributed by atoms with Gasteiger partial charge < -0.3 is 5.32 Å². The first kappa shape index (κ1) is 14.9. The van der Waals surface area contributed by atoms with E-state index in [1.807, 2.05) is 18.2 Å². The molecule has 3 heterocycles. The van der Waals surface area contributed by atoms with E-state index >= 15 is 0 Å². The van der Waals surface area contributed by atoms with Gasteiger partial charge >= 0.3 is 0 Å². The molecule has 1 N–H and O–H groups in total. The van der Waals surface area contributed by atoms with Crippen molar-refractivity contribution < 1.29 is 0 Å². The van der Waals surface area contributed by atoms with Gasteiger partial charge in [-0.3, -0.25) is 4.99 Å². The number of nitrogens with zero attached hydrogens (tertiary/aromatic N) is 1. The summed E-state index contributed by atoms with van der Waals surface area (Å²) in [7, 11) is 0. The molecule has 0 radical (unpaired) electrons. The van der Waals surface area contributed by atoms with Crippen LogP contribution in [0.4, 0.5) is 11.4 Å². The van der Waals surface area contributed by atoms with E-state index in [1.165, 1.54) is 11.1 Å². The summed E-state index contributed by atoms with van der Waals surface area (Å²) in [5.41, 5.74) is 5.29. The van der Waals surface area contributed by atoms with Crippen molar-refractivity contribution in [2.45, 2.75) is 18.9 Å². The third-order valence-corrected chi connectivity index (χ3v) is 5.76. The van der Waals surface area contributed by atoms with Crippen LogP contribution < -0.4 is 5.32 Å². The van der Waals surface area contributed by atoms with Crippen LogP contribution in [-0.2, 0) is 5.54 Å². The molecule has 23 heavy (non-hydrogen) atoms. The largest absolute Gasteiger partial charge is 0.374 e. The predicted molar refractivity (Wildman–Crippen MR) is 102 cm³/mol. The number of halogens is 1. The summed E-state index contributed by atoms with van der Waals surface area (Å²) in [4.78, 5) is 4.93. The van der Waals surface area contributed by atoms with E-state index in [1.54, 1.807) is 22.7 Å². The quantitative estimate of drug-likeness (QED) is 0.569. The Hall–Kier alpha value is -1.62. The van der Waals surface area contributed by atoms with Gasteiger partial charge in [-0.1, -0.05) is 11.6 Å². The maximum atomic E-state index is 6.18. The minimum Gasteiger partial charge on any atom is -0.374 e. The van der Waals surface area contributed by atoms with Crippen molar-refractivity contribution in [1.29, 1.82) is 0 Å². The number of rotatable bonds is 2. The van der Waals surface area contributed by atoms with Crippen molar-refractivity contribution >= 4 is 51.4 Å². The Balaban J connectivity index is 1.89. The molecule has 0 fully saturated rings. The smallest absolute Gasteiger partial charge is 0.0879 e. The zero-order valence-corrected chi connectivity index (χ0v) is 14.9. The van der Waals surface area contributed by atoms with Gasteiger partial charge in [-0.2, -0.15) is 22.7 Å². The van der Waals surface area contributed by atoms with E-state index in [9.17, 15) is 0 Å². The lowest BCUT2D eigenvalue weighted by atomic mass is 9.87. The van der Waals surface area contributed by atoms with Crippen LogP contribution in [0.25, 0.3) is 0 Å². The first-order valence-corrected chi connectivity index (χ1v) is 9.61. The summed E-state index contributed by atoms with van der Waals surface area (Å²) >= 11 is 9.60. The molecule has 1 aliphatic heterocycles. The fraction of sp³-hybridized carbons (Fsp3) is 0.167. The monoisotopic (exact) mass is 358 g/mol. The Kier molecular flexibility index (Phi) is 3.76. The maximum Gasteiger partial charge on any atom is 0.0879 e. The fourth-order valence-corrected chi connectivity index (χ4v) is 4.53. The zero-order chi connectivity index (χ0) is 15.9. The van der Waals surface area contributed by atoms with E-state index < -0.39 is 0 Å². The Labute approximate surface area is 148 Å². The van der Waals surface area contributed by atoms with Crippen molar-refractivity contribution in [1.82, 2.24) is 0 Å². The third-order valence-electron chi connectivity index (χ3n) is 4.16. The minimum atomic E-state index is -0.195. The van der Waals surface area contributed by atoms with Gasteiger partial charge in [0.25, 0.3) is 0 Å². The third kappa shape index (κ3) is 2.82. The maximum absolute atomic E-state index is 6.18. The molecule has 5 heteroatoms. The highest BCUT2D eigenvalue weighted by Gasteiger charge is 2.32. The highest BCUT2D eigenvalue weighted by Crippen LogP contribution is 2.40. The van der Waals surface area contributed by atoms with Crippen LogP contribution in [0.15, 0.2) is 56.8 Å². The molecule has 1 aromatic carbocycles. The van der Waals surface area contributed by atoms with Gasteiger partial charge in [-0.25, -0.2) is 0 Å². The van der Waals surface area contributed by atoms with Gasteiger partial charge in [0.05, 0.1) is 22.6 Å². The van der Waals surface area contributed by atoms with Crippen LogP contribution in [0.5, 0.6) is 0 Å². The number of hydrogen-bond acceptors (Lipinski definition) is 4. The molecule has 0 spiro atoms. The van der Waals surface area contributed by atoms with Crippen molar-refractivity contribution in [3.05, 3.63) is 68.0 Å². The average Bonchev–Trinajstić information content (AvgIpc) is 3.20. The minimum absolute atomic E-state index is 0.195. The highest BCUT2D eigenvalue weighted by molar-refractivity contribution is 7.08. The predicted octanol–water partition coefficient (Wildman–Crippen LogP) is 6.31. The van der Waals surface area contributed by atoms with E-state index in [0.29, 0.717) is 5.02 Å². The van der Waals surface area contributed by atoms with E-state index in [0.717, 1.165) is 23.5 Å². The number of hydrogen-bond donors (Lipinski definition) is 1. The van der Waals surface area contributed by atoms with Crippen LogP contribution in [0, 0.1) is 0 Å². The van der Waals surface area contributed by atoms with Gasteiger partial charge in [-0.15, -0.1) is 0 Å². The van der Waals surface area contributed by atoms with Crippen molar-refractivity contribution in [2.75, 3.05) is 5.32 Å². The number of anilines is 1. The van der Waals surface area contributed by atoms with Crippen LogP contribution in [0.2, 0.25) is 5.02 Å². The summed E-state index contributed by atoms with van der Waals surface area (Å²) in [5.74, 6) is 0. The Bertz CT molecular complexity index is 853. The number of benzene rings is 1. The molecule has 2 aromatic heterocycles. The fourth-order valence-electron chi connectivity index (χ4n) is 2.91. The lowest BCUT2D eigenvalue weighted by Crippen LogP contribution is -2.33. The molecular formula is C18H15ClN2S2. The number of thiophene rings is 2. The second-order valence-corrected chi connectivity index (χ2v) is 7.87. The zero-order valence-electron chi connectivity index (χ0n) is 12.5. The van der Waals surface area contributed by atoms with Crippen molar-refractivity contribution in [3.63, 3.8) is 0 Å². The van der Waals surface area contributed by atoms with E-state index in [2.05, 4.69) is 45.9 Å². The van der Waals surface area contributed by atoms with E-state index in [-0.39, 0.29) is 5.54 Å². The lowest BCUT2D eigenvalue weighted by Gasteiger charge is -2.30. The Morgan fingerprint density at radius 1 is 1.13 bits per heavy atom. The van der Waals surface area contributed by atoms with Crippen molar-refractivity contribution in [2.24, 2.45) is 4.99 Å². The first-order chi connectivity index (χ1) is 11.1. The molecule has 0 amide bonds. The second kappa shape index (κ2) is 5.78. The topological polar surface area (TPSA) is 24.4 Å². The number of aliphatic imine (C=N–C) groups is 1. The van der Waals surface area contributed by atoms with Crippen LogP contribution in [0.3, 0.4) is 0 Å². The van der Waals surface area contributed by atoms with Crippen LogP contribution in [-0.4, -0.2) is 5.71 Å². The first-order valence-electron chi connectivity index (χ1n) is 7.35. The second-order valence-electron chi connectivity index (χ2n) is 5.88. The SMILES string of the molecule is CC1(c2ccsc2)CC(c2ccsc2)=Nc2cc(Cl)ccc2N1. The van der Waals surface area contributed by atoms with Gasteiger partial charge in [0.2, 0.25) is 0 Å². The molecule has 3 aromatic rings. The summed E-state index contributed by atoms with van der Waals surface area (Å²) < 4.78 is 0. The Morgan fingerprint density at radius 3 is 2.70 bits per heavy atom. The summed E-state index contributed by atoms with van der Waals surface area (Å²) in [6, 6.07) is 10.2. The normalized spacial score (nSPS) is 20.3. The molecule has 0 aliphatic carbocycles. The molecule has 0 saturated carbocycles. The van der Waals surface area contributed by atoms with Gasteiger partial charge in [-0.05, 0) is 64.3 Å². The molecule has 4 rings (SSSR count). The van der Waals surface area contributed by atoms with Crippen LogP contribution in [0.1, 0.15) is 24.5 Å². The highest BCUT2D eigenvalue weighted by atomic mass is 35.5. The standard InChI is InChI=1S/C18H15ClN2S2/c1-18(13-5-7-23-11-13)9-17(12-4-6-22-10-12)20-16-8-14(19)2-3-15(16)21-18/h2-8,10-11,21H,9H2,1H3. The molecule has 1 atom stereocenters. The molecular weight excluding hydrogens is 344 g/mol. The lowest BCUT2D eigenvalue weighted by molar-refractivity contribution is 0.573. The molecule has 2 nitrogen and oxygen atoms in total. The van der Waals surface area contributed by atoms with Gasteiger partial charge in [0, 0.05) is 17.0 Å². The summed E-state index contributed by atoms with van der Waals surface area (Å²) in [6.07, 6.45) is 0.826. The Morgan fingerprint density at radius 2 is 1.96 bits per heavy atom. The molecule has 116 valence electrons. The van der Waals surface area contributed by atoms with Crippen LogP contribution >= 0.6 is 34.3 Å². The van der Waals surface area contributed by atoms with E-state index in [4.69, 9.17) is 16.6 Å². The van der Waals surface area contributed by atoms with Gasteiger partial charge in [0.15, 0.2) is 0 Å². The number of fused-ring (bicyclic) bond motifs is 1.